The van der Waals surface area contributed by atoms with Crippen molar-refractivity contribution in [3.63, 3.8) is 0 Å². The lowest BCUT2D eigenvalue weighted by molar-refractivity contribution is 0.0192. The molecule has 0 aromatic heterocycles. The zero-order chi connectivity index (χ0) is 9.90. The van der Waals surface area contributed by atoms with E-state index in [4.69, 9.17) is 15.2 Å². The highest BCUT2D eigenvalue weighted by Gasteiger charge is 2.33. The summed E-state index contributed by atoms with van der Waals surface area (Å²) in [6.07, 6.45) is -0.229. The van der Waals surface area contributed by atoms with Gasteiger partial charge in [0.15, 0.2) is 0 Å². The Bertz CT molecular complexity index is 192. The summed E-state index contributed by atoms with van der Waals surface area (Å²) in [5, 5.41) is 0. The number of hydrogen-bond acceptors (Lipinski definition) is 4. The average molecular weight is 205 g/mol. The summed E-state index contributed by atoms with van der Waals surface area (Å²) >= 11 is 1.75. The Labute approximate surface area is 82.1 Å². The number of nitrogens with two attached hydrogens (primary N) is 1. The zero-order valence-corrected chi connectivity index (χ0v) is 8.73. The summed E-state index contributed by atoms with van der Waals surface area (Å²) in [5.41, 5.74) is 4.90. The number of ether oxygens (including phenoxy) is 2. The van der Waals surface area contributed by atoms with E-state index in [0.717, 1.165) is 12.4 Å². The van der Waals surface area contributed by atoms with Crippen LogP contribution in [0.1, 0.15) is 20.3 Å². The largest absolute Gasteiger partial charge is 0.447 e. The molecule has 0 bridgehead atoms. The Morgan fingerprint density at radius 2 is 2.54 bits per heavy atom. The summed E-state index contributed by atoms with van der Waals surface area (Å²) in [6.45, 7) is 4.59. The van der Waals surface area contributed by atoms with Gasteiger partial charge in [0.1, 0.15) is 11.0 Å². The highest BCUT2D eigenvalue weighted by atomic mass is 32.2. The fraction of sp³-hybridized carbons (Fsp3) is 0.875. The van der Waals surface area contributed by atoms with E-state index in [1.807, 2.05) is 13.8 Å². The second-order valence-electron chi connectivity index (χ2n) is 3.28. The molecule has 2 N–H and O–H groups in total. The maximum Gasteiger partial charge on any atom is 0.404 e. The van der Waals surface area contributed by atoms with Gasteiger partial charge in [-0.05, 0) is 13.8 Å². The van der Waals surface area contributed by atoms with Crippen molar-refractivity contribution in [2.75, 3.05) is 12.4 Å². The number of carbonyl (C=O) groups excluding carboxylic acids is 1. The molecule has 0 aromatic carbocycles. The fourth-order valence-electron chi connectivity index (χ4n) is 1.44. The normalized spacial score (nSPS) is 30.0. The lowest BCUT2D eigenvalue weighted by Crippen LogP contribution is -2.29. The van der Waals surface area contributed by atoms with Gasteiger partial charge in [0.2, 0.25) is 0 Å². The third-order valence-corrected chi connectivity index (χ3v) is 3.14. The predicted molar refractivity (Wildman–Crippen MR) is 51.6 cm³/mol. The van der Waals surface area contributed by atoms with E-state index in [1.165, 1.54) is 0 Å². The van der Waals surface area contributed by atoms with Crippen molar-refractivity contribution < 1.29 is 14.3 Å². The van der Waals surface area contributed by atoms with Crippen LogP contribution < -0.4 is 5.73 Å². The average Bonchev–Trinajstić information content (AvgIpc) is 2.33. The Morgan fingerprint density at radius 1 is 1.85 bits per heavy atom. The van der Waals surface area contributed by atoms with Crippen molar-refractivity contribution in [1.82, 2.24) is 0 Å². The van der Waals surface area contributed by atoms with Crippen LogP contribution in [0, 0.1) is 0 Å². The molecule has 0 spiro atoms. The van der Waals surface area contributed by atoms with Crippen molar-refractivity contribution in [3.05, 3.63) is 0 Å². The standard InChI is InChI=1S/C8H15NO3S/c1-6(12-7(9)10)5-8(2)11-3-4-13-8/h6H,3-5H2,1-2H3,(H2,9,10). The van der Waals surface area contributed by atoms with Crippen molar-refractivity contribution in [3.8, 4) is 0 Å². The highest BCUT2D eigenvalue weighted by molar-refractivity contribution is 8.00. The number of thioether (sulfide) groups is 1. The van der Waals surface area contributed by atoms with Crippen LogP contribution in [0.25, 0.3) is 0 Å². The molecule has 1 amide bonds. The van der Waals surface area contributed by atoms with Crippen LogP contribution in [0.3, 0.4) is 0 Å². The minimum absolute atomic E-state index is 0.187. The van der Waals surface area contributed by atoms with Gasteiger partial charge in [-0.2, -0.15) is 0 Å². The van der Waals surface area contributed by atoms with E-state index in [1.54, 1.807) is 11.8 Å². The summed E-state index contributed by atoms with van der Waals surface area (Å²) in [6, 6.07) is 0. The number of rotatable bonds is 3. The van der Waals surface area contributed by atoms with Crippen LogP contribution in [0.15, 0.2) is 0 Å². The zero-order valence-electron chi connectivity index (χ0n) is 7.91. The summed E-state index contributed by atoms with van der Waals surface area (Å²) in [7, 11) is 0. The number of carbonyl (C=O) groups is 1. The maximum absolute atomic E-state index is 10.4. The first-order chi connectivity index (χ1) is 6.02. The number of amides is 1. The first-order valence-corrected chi connectivity index (χ1v) is 5.24. The summed E-state index contributed by atoms with van der Waals surface area (Å²) in [4.78, 5) is 10.2. The van der Waals surface area contributed by atoms with Crippen molar-refractivity contribution in [1.29, 1.82) is 0 Å². The van der Waals surface area contributed by atoms with Gasteiger partial charge in [-0.15, -0.1) is 11.8 Å². The fourth-order valence-corrected chi connectivity index (χ4v) is 2.55. The second kappa shape index (κ2) is 4.19. The van der Waals surface area contributed by atoms with E-state index in [2.05, 4.69) is 0 Å². The molecule has 76 valence electrons. The smallest absolute Gasteiger partial charge is 0.404 e. The van der Waals surface area contributed by atoms with E-state index in [0.29, 0.717) is 6.42 Å². The number of primary amides is 1. The lowest BCUT2D eigenvalue weighted by Gasteiger charge is -2.25. The second-order valence-corrected chi connectivity index (χ2v) is 4.84. The predicted octanol–water partition coefficient (Wildman–Crippen LogP) is 1.34. The number of hydrogen-bond donors (Lipinski definition) is 1. The van der Waals surface area contributed by atoms with E-state index < -0.39 is 6.09 Å². The molecule has 2 unspecified atom stereocenters. The molecule has 0 radical (unpaired) electrons. The van der Waals surface area contributed by atoms with Gasteiger partial charge in [-0.3, -0.25) is 0 Å². The minimum atomic E-state index is -0.723. The van der Waals surface area contributed by atoms with E-state index in [9.17, 15) is 4.79 Å². The van der Waals surface area contributed by atoms with E-state index in [-0.39, 0.29) is 11.0 Å². The quantitative estimate of drug-likeness (QED) is 0.755. The van der Waals surface area contributed by atoms with Crippen molar-refractivity contribution in [2.45, 2.75) is 31.3 Å². The molecule has 0 saturated carbocycles. The first kappa shape index (κ1) is 10.7. The Morgan fingerprint density at radius 3 is 3.00 bits per heavy atom. The molecule has 1 aliphatic rings. The minimum Gasteiger partial charge on any atom is -0.447 e. The lowest BCUT2D eigenvalue weighted by atomic mass is 10.2. The third kappa shape index (κ3) is 3.44. The van der Waals surface area contributed by atoms with Crippen molar-refractivity contribution >= 4 is 17.9 Å². The molecule has 1 saturated heterocycles. The molecule has 0 aromatic rings. The molecule has 4 nitrogen and oxygen atoms in total. The highest BCUT2D eigenvalue weighted by Crippen LogP contribution is 2.36. The van der Waals surface area contributed by atoms with Gasteiger partial charge in [-0.1, -0.05) is 0 Å². The van der Waals surface area contributed by atoms with Gasteiger partial charge in [0.05, 0.1) is 6.61 Å². The van der Waals surface area contributed by atoms with Gasteiger partial charge >= 0.3 is 6.09 Å². The summed E-state index contributed by atoms with van der Waals surface area (Å²) < 4.78 is 10.3. The molecule has 1 aliphatic heterocycles. The van der Waals surface area contributed by atoms with Crippen LogP contribution in [0.4, 0.5) is 4.79 Å². The Kier molecular flexibility index (Phi) is 3.44. The monoisotopic (exact) mass is 205 g/mol. The molecule has 1 heterocycles. The summed E-state index contributed by atoms with van der Waals surface area (Å²) in [5.74, 6) is 1.000. The van der Waals surface area contributed by atoms with Crippen LogP contribution in [-0.4, -0.2) is 29.5 Å². The van der Waals surface area contributed by atoms with Crippen LogP contribution in [-0.2, 0) is 9.47 Å². The first-order valence-electron chi connectivity index (χ1n) is 4.26. The maximum atomic E-state index is 10.4. The molecule has 2 atom stereocenters. The van der Waals surface area contributed by atoms with Crippen molar-refractivity contribution in [2.24, 2.45) is 5.73 Å². The third-order valence-electron chi connectivity index (χ3n) is 1.87. The molecular formula is C8H15NO3S. The van der Waals surface area contributed by atoms with Gasteiger partial charge in [-0.25, -0.2) is 4.79 Å². The van der Waals surface area contributed by atoms with Crippen LogP contribution in [0.5, 0.6) is 0 Å². The SMILES string of the molecule is CC(CC1(C)OCCS1)OC(N)=O. The van der Waals surface area contributed by atoms with Crippen LogP contribution in [0.2, 0.25) is 0 Å². The molecule has 1 fully saturated rings. The Balaban J connectivity index is 2.33. The molecular weight excluding hydrogens is 190 g/mol. The molecule has 5 heteroatoms. The molecule has 1 rings (SSSR count). The van der Waals surface area contributed by atoms with E-state index >= 15 is 0 Å². The topological polar surface area (TPSA) is 61.6 Å². The van der Waals surface area contributed by atoms with Gasteiger partial charge in [0, 0.05) is 12.2 Å². The molecule has 13 heavy (non-hydrogen) atoms. The Hall–Kier alpha value is -0.420. The van der Waals surface area contributed by atoms with Crippen LogP contribution >= 0.6 is 11.8 Å². The van der Waals surface area contributed by atoms with Gasteiger partial charge < -0.3 is 15.2 Å². The van der Waals surface area contributed by atoms with Gasteiger partial charge in [0.25, 0.3) is 0 Å². The molecule has 0 aliphatic carbocycles.